The average molecular weight is 388 g/mol. The molecule has 1 fully saturated rings. The summed E-state index contributed by atoms with van der Waals surface area (Å²) in [7, 11) is 0. The van der Waals surface area contributed by atoms with Gasteiger partial charge < -0.3 is 13.9 Å². The van der Waals surface area contributed by atoms with E-state index in [1.807, 2.05) is 27.7 Å². The van der Waals surface area contributed by atoms with Crippen LogP contribution in [0.3, 0.4) is 0 Å². The molecule has 0 radical (unpaired) electrons. The fourth-order valence-corrected chi connectivity index (χ4v) is 4.79. The maximum atomic E-state index is 13.4. The van der Waals surface area contributed by atoms with Gasteiger partial charge in [0.25, 0.3) is 0 Å². The lowest BCUT2D eigenvalue weighted by molar-refractivity contribution is -0.178. The fourth-order valence-electron chi connectivity index (χ4n) is 4.79. The predicted molar refractivity (Wildman–Crippen MR) is 102 cm³/mol. The second-order valence-electron chi connectivity index (χ2n) is 8.53. The van der Waals surface area contributed by atoms with Gasteiger partial charge in [0, 0.05) is 24.0 Å². The fraction of sp³-hybridized carbons (Fsp3) is 0.591. The minimum Gasteiger partial charge on any atom is -0.460 e. The third-order valence-corrected chi connectivity index (χ3v) is 6.30. The molecule has 0 unspecified atom stereocenters. The maximum Gasteiger partial charge on any atom is 0.330 e. The second kappa shape index (κ2) is 7.22. The SMILES string of the molecule is CC(=O)O[C@@H]1c2c(C)coc2C(=O)[C@@H]2[C@@H](OC(=O)C=C(C)C)CC[C@H](C)[C@@]12C. The zero-order chi connectivity index (χ0) is 20.8. The van der Waals surface area contributed by atoms with Crippen molar-refractivity contribution in [3.63, 3.8) is 0 Å². The number of hydrogen-bond acceptors (Lipinski definition) is 6. The molecule has 0 amide bonds. The number of aryl methyl sites for hydroxylation is 1. The van der Waals surface area contributed by atoms with E-state index in [0.717, 1.165) is 17.6 Å². The highest BCUT2D eigenvalue weighted by molar-refractivity contribution is 6.00. The molecule has 0 N–H and O–H groups in total. The average Bonchev–Trinajstić information content (AvgIpc) is 2.96. The van der Waals surface area contributed by atoms with E-state index in [2.05, 4.69) is 6.92 Å². The van der Waals surface area contributed by atoms with Crippen molar-refractivity contribution in [3.05, 3.63) is 34.8 Å². The molecule has 6 nitrogen and oxygen atoms in total. The zero-order valence-electron chi connectivity index (χ0n) is 17.3. The molecule has 0 saturated heterocycles. The number of fused-ring (bicyclic) bond motifs is 2. The Morgan fingerprint density at radius 1 is 1.21 bits per heavy atom. The van der Waals surface area contributed by atoms with Gasteiger partial charge in [-0.15, -0.1) is 0 Å². The molecular weight excluding hydrogens is 360 g/mol. The first-order chi connectivity index (χ1) is 13.1. The van der Waals surface area contributed by atoms with Crippen LogP contribution in [0.5, 0.6) is 0 Å². The van der Waals surface area contributed by atoms with E-state index >= 15 is 0 Å². The number of furan rings is 1. The van der Waals surface area contributed by atoms with Gasteiger partial charge in [-0.1, -0.05) is 19.4 Å². The maximum absolute atomic E-state index is 13.4. The Morgan fingerprint density at radius 2 is 1.89 bits per heavy atom. The molecule has 0 bridgehead atoms. The molecule has 0 aliphatic heterocycles. The van der Waals surface area contributed by atoms with Crippen molar-refractivity contribution in [2.75, 3.05) is 0 Å². The van der Waals surface area contributed by atoms with Gasteiger partial charge in [0.2, 0.25) is 5.78 Å². The smallest absolute Gasteiger partial charge is 0.330 e. The van der Waals surface area contributed by atoms with E-state index in [4.69, 9.17) is 13.9 Å². The number of carbonyl (C=O) groups is 3. The summed E-state index contributed by atoms with van der Waals surface area (Å²) in [6.45, 7) is 10.9. The van der Waals surface area contributed by atoms with Gasteiger partial charge in [0.15, 0.2) is 5.76 Å². The Labute approximate surface area is 165 Å². The summed E-state index contributed by atoms with van der Waals surface area (Å²) in [6, 6.07) is 0. The van der Waals surface area contributed by atoms with Crippen LogP contribution in [0.4, 0.5) is 0 Å². The van der Waals surface area contributed by atoms with Crippen LogP contribution in [0, 0.1) is 24.2 Å². The number of rotatable bonds is 3. The van der Waals surface area contributed by atoms with Gasteiger partial charge in [-0.25, -0.2) is 4.79 Å². The van der Waals surface area contributed by atoms with Crippen molar-refractivity contribution in [1.82, 2.24) is 0 Å². The molecule has 28 heavy (non-hydrogen) atoms. The highest BCUT2D eigenvalue weighted by Crippen LogP contribution is 2.59. The largest absolute Gasteiger partial charge is 0.460 e. The topological polar surface area (TPSA) is 82.8 Å². The van der Waals surface area contributed by atoms with Gasteiger partial charge in [-0.2, -0.15) is 0 Å². The quantitative estimate of drug-likeness (QED) is 0.566. The molecule has 2 aliphatic carbocycles. The lowest BCUT2D eigenvalue weighted by Gasteiger charge is -2.53. The molecule has 1 heterocycles. The lowest BCUT2D eigenvalue weighted by atomic mass is 9.53. The number of hydrogen-bond donors (Lipinski definition) is 0. The van der Waals surface area contributed by atoms with E-state index in [9.17, 15) is 14.4 Å². The van der Waals surface area contributed by atoms with Crippen molar-refractivity contribution in [1.29, 1.82) is 0 Å². The van der Waals surface area contributed by atoms with E-state index in [-0.39, 0.29) is 17.5 Å². The molecule has 152 valence electrons. The predicted octanol–water partition coefficient (Wildman–Crippen LogP) is 4.32. The molecule has 1 saturated carbocycles. The highest BCUT2D eigenvalue weighted by atomic mass is 16.6. The van der Waals surface area contributed by atoms with Crippen LogP contribution in [-0.2, 0) is 19.1 Å². The van der Waals surface area contributed by atoms with Crippen LogP contribution in [-0.4, -0.2) is 23.8 Å². The zero-order valence-corrected chi connectivity index (χ0v) is 17.3. The van der Waals surface area contributed by atoms with Crippen LogP contribution in [0.15, 0.2) is 22.3 Å². The molecule has 0 spiro atoms. The van der Waals surface area contributed by atoms with Gasteiger partial charge >= 0.3 is 11.9 Å². The summed E-state index contributed by atoms with van der Waals surface area (Å²) in [5.74, 6) is -1.39. The number of ketones is 1. The molecular formula is C22H28O6. The summed E-state index contributed by atoms with van der Waals surface area (Å²) in [5.41, 5.74) is 1.55. The first kappa shape index (κ1) is 20.4. The molecule has 6 heteroatoms. The highest BCUT2D eigenvalue weighted by Gasteiger charge is 2.62. The molecule has 1 aromatic rings. The van der Waals surface area contributed by atoms with Crippen LogP contribution in [0.2, 0.25) is 0 Å². The van der Waals surface area contributed by atoms with Gasteiger partial charge in [0.05, 0.1) is 12.2 Å². The van der Waals surface area contributed by atoms with Gasteiger partial charge in [-0.3, -0.25) is 9.59 Å². The van der Waals surface area contributed by atoms with Crippen LogP contribution < -0.4 is 0 Å². The summed E-state index contributed by atoms with van der Waals surface area (Å²) < 4.78 is 17.0. The first-order valence-corrected chi connectivity index (χ1v) is 9.72. The molecule has 0 aromatic carbocycles. The van der Waals surface area contributed by atoms with Gasteiger partial charge in [0.1, 0.15) is 12.2 Å². The van der Waals surface area contributed by atoms with Crippen LogP contribution in [0.1, 0.15) is 75.2 Å². The molecule has 5 atom stereocenters. The summed E-state index contributed by atoms with van der Waals surface area (Å²) in [5, 5.41) is 0. The van der Waals surface area contributed by atoms with E-state index in [0.29, 0.717) is 12.0 Å². The monoisotopic (exact) mass is 388 g/mol. The standard InChI is InChI=1S/C22H28O6/c1-11(2)9-16(24)28-15-8-7-13(4)22(6)18(15)19(25)20-17(12(3)10-26-20)21(22)27-14(5)23/h9-10,13,15,18,21H,7-8H2,1-6H3/t13-,15-,18-,21+,22+/m0/s1. The number of esters is 2. The first-order valence-electron chi connectivity index (χ1n) is 9.72. The number of allylic oxidation sites excluding steroid dienone is 1. The summed E-state index contributed by atoms with van der Waals surface area (Å²) in [4.78, 5) is 37.6. The summed E-state index contributed by atoms with van der Waals surface area (Å²) in [6.07, 6.45) is 3.08. The Balaban J connectivity index is 2.10. The van der Waals surface area contributed by atoms with Crippen molar-refractivity contribution >= 4 is 17.7 Å². The second-order valence-corrected chi connectivity index (χ2v) is 8.53. The Morgan fingerprint density at radius 3 is 2.50 bits per heavy atom. The van der Waals surface area contributed by atoms with Crippen LogP contribution >= 0.6 is 0 Å². The van der Waals surface area contributed by atoms with Crippen molar-refractivity contribution in [2.45, 2.75) is 66.6 Å². The van der Waals surface area contributed by atoms with Crippen molar-refractivity contribution in [3.8, 4) is 0 Å². The summed E-state index contributed by atoms with van der Waals surface area (Å²) >= 11 is 0. The minimum atomic E-state index is -0.696. The third-order valence-electron chi connectivity index (χ3n) is 6.30. The Bertz CT molecular complexity index is 843. The van der Waals surface area contributed by atoms with E-state index < -0.39 is 35.5 Å². The van der Waals surface area contributed by atoms with Crippen molar-refractivity contribution in [2.24, 2.45) is 17.3 Å². The lowest BCUT2D eigenvalue weighted by Crippen LogP contribution is -2.56. The molecule has 1 aromatic heterocycles. The number of Topliss-reactive ketones (excluding diaryl/α,β-unsaturated/α-hetero) is 1. The Hall–Kier alpha value is -2.37. The van der Waals surface area contributed by atoms with Crippen LogP contribution in [0.25, 0.3) is 0 Å². The normalized spacial score (nSPS) is 31.4. The van der Waals surface area contributed by atoms with Crippen molar-refractivity contribution < 1.29 is 28.3 Å². The molecule has 3 rings (SSSR count). The third kappa shape index (κ3) is 3.19. The Kier molecular flexibility index (Phi) is 5.26. The molecule has 2 aliphatic rings. The number of carbonyl (C=O) groups excluding carboxylic acids is 3. The van der Waals surface area contributed by atoms with Gasteiger partial charge in [-0.05, 0) is 45.1 Å². The number of ether oxygens (including phenoxy) is 2. The van der Waals surface area contributed by atoms with E-state index in [1.54, 1.807) is 0 Å². The van der Waals surface area contributed by atoms with E-state index in [1.165, 1.54) is 19.3 Å². The minimum absolute atomic E-state index is 0.0895.